The van der Waals surface area contributed by atoms with E-state index in [0.29, 0.717) is 0 Å². The number of carbonyl (C=O) groups is 3. The lowest BCUT2D eigenvalue weighted by atomic mass is 10.2. The Morgan fingerprint density at radius 3 is 1.78 bits per heavy atom. The Hall–Kier alpha value is -1.54. The van der Waals surface area contributed by atoms with Crippen LogP contribution in [0.25, 0.3) is 0 Å². The summed E-state index contributed by atoms with van der Waals surface area (Å²) in [5.74, 6) is -2.21. The van der Waals surface area contributed by atoms with Gasteiger partial charge in [0.05, 0.1) is 26.9 Å². The van der Waals surface area contributed by atoms with Crippen LogP contribution < -0.4 is 0 Å². The third-order valence-electron chi connectivity index (χ3n) is 2.01. The zero-order chi connectivity index (χ0) is 13.9. The molecule has 0 fully saturated rings. The molecule has 0 saturated heterocycles. The van der Waals surface area contributed by atoms with E-state index in [9.17, 15) is 14.4 Å². The summed E-state index contributed by atoms with van der Waals surface area (Å²) in [6.45, 7) is 0. The Kier molecular flexibility index (Phi) is 4.74. The lowest BCUT2D eigenvalue weighted by molar-refractivity contribution is 0.0556. The molecule has 98 valence electrons. The highest BCUT2D eigenvalue weighted by Gasteiger charge is 2.30. The van der Waals surface area contributed by atoms with E-state index in [1.54, 1.807) is 0 Å². The van der Waals surface area contributed by atoms with Gasteiger partial charge < -0.3 is 14.2 Å². The van der Waals surface area contributed by atoms with Gasteiger partial charge in [0.1, 0.15) is 9.75 Å². The van der Waals surface area contributed by atoms with Crippen molar-refractivity contribution in [3.63, 3.8) is 0 Å². The molecule has 18 heavy (non-hydrogen) atoms. The molecule has 1 aromatic heterocycles. The number of methoxy groups -OCH3 is 3. The van der Waals surface area contributed by atoms with E-state index in [1.807, 2.05) is 0 Å². The van der Waals surface area contributed by atoms with Crippen molar-refractivity contribution in [1.29, 1.82) is 0 Å². The molecule has 1 rings (SSSR count). The Bertz CT molecular complexity index is 505. The molecule has 0 N–H and O–H groups in total. The summed E-state index contributed by atoms with van der Waals surface area (Å²) in [7, 11) is 3.51. The number of ether oxygens (including phenoxy) is 3. The van der Waals surface area contributed by atoms with E-state index >= 15 is 0 Å². The van der Waals surface area contributed by atoms with Gasteiger partial charge in [0, 0.05) is 4.90 Å². The normalized spacial score (nSPS) is 9.78. The van der Waals surface area contributed by atoms with Crippen LogP contribution in [0, 0.1) is 0 Å². The number of rotatable bonds is 3. The maximum absolute atomic E-state index is 11.6. The highest BCUT2D eigenvalue weighted by molar-refractivity contribution is 7.80. The topological polar surface area (TPSA) is 78.9 Å². The van der Waals surface area contributed by atoms with Crippen molar-refractivity contribution in [1.82, 2.24) is 0 Å². The van der Waals surface area contributed by atoms with Crippen LogP contribution in [0.1, 0.15) is 29.7 Å². The fourth-order valence-corrected chi connectivity index (χ4v) is 2.71. The van der Waals surface area contributed by atoms with Gasteiger partial charge in [0.15, 0.2) is 0 Å². The predicted octanol–water partition coefficient (Wildman–Crippen LogP) is 1.40. The Balaban J connectivity index is 3.45. The molecule has 0 bridgehead atoms. The van der Waals surface area contributed by atoms with Gasteiger partial charge in [-0.15, -0.1) is 24.0 Å². The summed E-state index contributed by atoms with van der Waals surface area (Å²) in [6, 6.07) is 0. The highest BCUT2D eigenvalue weighted by Crippen LogP contribution is 2.33. The van der Waals surface area contributed by atoms with Gasteiger partial charge in [-0.05, 0) is 0 Å². The summed E-state index contributed by atoms with van der Waals surface area (Å²) in [4.78, 5) is 34.6. The largest absolute Gasteiger partial charge is 0.465 e. The number of hydrogen-bond acceptors (Lipinski definition) is 8. The Labute approximate surface area is 112 Å². The molecule has 0 aliphatic rings. The molecular formula is C10H10O6S2. The first-order valence-corrected chi connectivity index (χ1v) is 5.85. The van der Waals surface area contributed by atoms with Gasteiger partial charge in [0.25, 0.3) is 0 Å². The molecule has 0 unspecified atom stereocenters. The van der Waals surface area contributed by atoms with Crippen molar-refractivity contribution in [3.05, 3.63) is 15.3 Å². The third kappa shape index (κ3) is 2.49. The van der Waals surface area contributed by atoms with E-state index in [4.69, 9.17) is 0 Å². The molecule has 1 aromatic rings. The highest BCUT2D eigenvalue weighted by atomic mass is 32.1. The minimum atomic E-state index is -0.771. The average Bonchev–Trinajstić information content (AvgIpc) is 2.73. The molecule has 0 saturated carbocycles. The van der Waals surface area contributed by atoms with E-state index in [2.05, 4.69) is 26.8 Å². The third-order valence-corrected chi connectivity index (χ3v) is 3.76. The second-order valence-corrected chi connectivity index (χ2v) is 4.43. The maximum atomic E-state index is 11.6. The fourth-order valence-electron chi connectivity index (χ4n) is 1.18. The van der Waals surface area contributed by atoms with Crippen LogP contribution in [0.15, 0.2) is 4.90 Å². The molecule has 0 spiro atoms. The van der Waals surface area contributed by atoms with Crippen molar-refractivity contribution < 1.29 is 28.6 Å². The summed E-state index contributed by atoms with van der Waals surface area (Å²) >= 11 is 4.82. The summed E-state index contributed by atoms with van der Waals surface area (Å²) in [6.07, 6.45) is 0. The molecule has 0 amide bonds. The van der Waals surface area contributed by atoms with Crippen molar-refractivity contribution in [2.75, 3.05) is 21.3 Å². The van der Waals surface area contributed by atoms with E-state index in [0.717, 1.165) is 18.4 Å². The molecule has 0 aliphatic carbocycles. The van der Waals surface area contributed by atoms with E-state index < -0.39 is 17.9 Å². The first kappa shape index (κ1) is 14.5. The van der Waals surface area contributed by atoms with Crippen molar-refractivity contribution in [2.24, 2.45) is 0 Å². The number of esters is 3. The predicted molar refractivity (Wildman–Crippen MR) is 65.6 cm³/mol. The quantitative estimate of drug-likeness (QED) is 0.515. The molecule has 0 aliphatic heterocycles. The van der Waals surface area contributed by atoms with Gasteiger partial charge in [-0.1, -0.05) is 0 Å². The minimum Gasteiger partial charge on any atom is -0.465 e. The number of thiol groups is 1. The molecule has 0 atom stereocenters. The molecule has 0 radical (unpaired) electrons. The number of carbonyl (C=O) groups excluding carboxylic acids is 3. The summed E-state index contributed by atoms with van der Waals surface area (Å²) in [5, 5.41) is 0. The number of thiophene rings is 1. The van der Waals surface area contributed by atoms with Crippen molar-refractivity contribution in [2.45, 2.75) is 4.90 Å². The van der Waals surface area contributed by atoms with Gasteiger partial charge in [-0.3, -0.25) is 0 Å². The van der Waals surface area contributed by atoms with E-state index in [-0.39, 0.29) is 20.2 Å². The van der Waals surface area contributed by atoms with Crippen LogP contribution in [0.4, 0.5) is 0 Å². The van der Waals surface area contributed by atoms with Gasteiger partial charge >= 0.3 is 17.9 Å². The van der Waals surface area contributed by atoms with Crippen LogP contribution >= 0.6 is 24.0 Å². The Morgan fingerprint density at radius 1 is 0.889 bits per heavy atom. The zero-order valence-corrected chi connectivity index (χ0v) is 11.5. The molecule has 1 heterocycles. The lowest BCUT2D eigenvalue weighted by Crippen LogP contribution is -2.09. The standard InChI is InChI=1S/C10H10O6S2/c1-14-8(11)4-5(17)7(10(13)16-3)18-6(4)9(12)15-2/h17H,1-3H3. The molecular weight excluding hydrogens is 280 g/mol. The monoisotopic (exact) mass is 290 g/mol. The smallest absolute Gasteiger partial charge is 0.349 e. The van der Waals surface area contributed by atoms with Crippen molar-refractivity contribution >= 4 is 41.9 Å². The van der Waals surface area contributed by atoms with Crippen LogP contribution in [0.2, 0.25) is 0 Å². The fraction of sp³-hybridized carbons (Fsp3) is 0.300. The average molecular weight is 290 g/mol. The molecule has 6 nitrogen and oxygen atoms in total. The minimum absolute atomic E-state index is 0.0408. The van der Waals surface area contributed by atoms with Gasteiger partial charge in [0.2, 0.25) is 0 Å². The zero-order valence-electron chi connectivity index (χ0n) is 9.80. The van der Waals surface area contributed by atoms with Gasteiger partial charge in [-0.2, -0.15) is 0 Å². The van der Waals surface area contributed by atoms with Crippen molar-refractivity contribution in [3.8, 4) is 0 Å². The van der Waals surface area contributed by atoms with E-state index in [1.165, 1.54) is 14.2 Å². The Morgan fingerprint density at radius 2 is 1.33 bits per heavy atom. The first-order chi connectivity index (χ1) is 8.47. The maximum Gasteiger partial charge on any atom is 0.349 e. The second-order valence-electron chi connectivity index (χ2n) is 2.96. The van der Waals surface area contributed by atoms with Crippen LogP contribution in [-0.4, -0.2) is 39.2 Å². The van der Waals surface area contributed by atoms with Crippen LogP contribution in [0.3, 0.4) is 0 Å². The van der Waals surface area contributed by atoms with Crippen LogP contribution in [-0.2, 0) is 14.2 Å². The molecule has 0 aromatic carbocycles. The molecule has 8 heteroatoms. The number of hydrogen-bond donors (Lipinski definition) is 1. The first-order valence-electron chi connectivity index (χ1n) is 4.58. The SMILES string of the molecule is COC(=O)c1sc(C(=O)OC)c(C(=O)OC)c1S. The second kappa shape index (κ2) is 5.87. The lowest BCUT2D eigenvalue weighted by Gasteiger charge is -2.01. The van der Waals surface area contributed by atoms with Crippen LogP contribution in [0.5, 0.6) is 0 Å². The summed E-state index contributed by atoms with van der Waals surface area (Å²) < 4.78 is 13.6. The summed E-state index contributed by atoms with van der Waals surface area (Å²) in [5.41, 5.74) is -0.0990. The van der Waals surface area contributed by atoms with Gasteiger partial charge in [-0.25, -0.2) is 14.4 Å².